The van der Waals surface area contributed by atoms with E-state index in [1.807, 2.05) is 0 Å². The summed E-state index contributed by atoms with van der Waals surface area (Å²) in [5.41, 5.74) is 2.60. The highest BCUT2D eigenvalue weighted by Gasteiger charge is 2.29. The van der Waals surface area contributed by atoms with E-state index in [1.54, 1.807) is 75.5 Å². The van der Waals surface area contributed by atoms with Crippen molar-refractivity contribution < 1.29 is 22.8 Å². The van der Waals surface area contributed by atoms with Gasteiger partial charge in [-0.15, -0.1) is 0 Å². The molecule has 2 aliphatic heterocycles. The van der Waals surface area contributed by atoms with Gasteiger partial charge in [-0.25, -0.2) is 18.4 Å². The molecule has 3 amide bonds. The monoisotopic (exact) mass is 591 g/mol. The van der Waals surface area contributed by atoms with Gasteiger partial charge in [-0.05, 0) is 42.5 Å². The summed E-state index contributed by atoms with van der Waals surface area (Å²) in [6.45, 7) is 6.37. The molecule has 2 aliphatic rings. The molecule has 0 unspecified atom stereocenters. The Bertz CT molecular complexity index is 1560. The van der Waals surface area contributed by atoms with Crippen molar-refractivity contribution in [1.82, 2.24) is 29.0 Å². The van der Waals surface area contributed by atoms with Crippen LogP contribution in [0, 0.1) is 0 Å². The number of hydrogen-bond acceptors (Lipinski definition) is 8. The number of carbonyl (C=O) groups is 3. The summed E-state index contributed by atoms with van der Waals surface area (Å²) in [6, 6.07) is 15.3. The molecule has 0 radical (unpaired) electrons. The van der Waals surface area contributed by atoms with Crippen molar-refractivity contribution in [2.24, 2.45) is 0 Å². The predicted molar refractivity (Wildman–Crippen MR) is 156 cm³/mol. The van der Waals surface area contributed by atoms with Crippen LogP contribution >= 0.6 is 0 Å². The van der Waals surface area contributed by atoms with Crippen molar-refractivity contribution in [3.05, 3.63) is 66.4 Å². The molecule has 3 aromatic rings. The van der Waals surface area contributed by atoms with Gasteiger partial charge in [0, 0.05) is 89.2 Å². The molecule has 2 aromatic carbocycles. The first-order valence-corrected chi connectivity index (χ1v) is 15.2. The normalized spacial score (nSPS) is 16.3. The van der Waals surface area contributed by atoms with Crippen LogP contribution in [-0.4, -0.2) is 107 Å². The Labute approximate surface area is 245 Å². The number of hydrogen-bond donors (Lipinski definition) is 1. The van der Waals surface area contributed by atoms with Crippen LogP contribution in [0.5, 0.6) is 0 Å². The van der Waals surface area contributed by atoms with Gasteiger partial charge in [0.25, 0.3) is 5.91 Å². The van der Waals surface area contributed by atoms with Crippen LogP contribution in [0.2, 0.25) is 0 Å². The van der Waals surface area contributed by atoms with Crippen molar-refractivity contribution >= 4 is 39.4 Å². The summed E-state index contributed by atoms with van der Waals surface area (Å²) in [7, 11) is -3.67. The van der Waals surface area contributed by atoms with Gasteiger partial charge in [0.15, 0.2) is 0 Å². The molecule has 2 fully saturated rings. The lowest BCUT2D eigenvalue weighted by atomic mass is 10.1. The third-order valence-electron chi connectivity index (χ3n) is 7.53. The van der Waals surface area contributed by atoms with Gasteiger partial charge in [-0.3, -0.25) is 14.4 Å². The first-order valence-electron chi connectivity index (χ1n) is 13.7. The lowest BCUT2D eigenvalue weighted by Crippen LogP contribution is -2.50. The van der Waals surface area contributed by atoms with Crippen LogP contribution in [-0.2, 0) is 19.6 Å². The van der Waals surface area contributed by atoms with Gasteiger partial charge >= 0.3 is 0 Å². The van der Waals surface area contributed by atoms with Gasteiger partial charge in [0.1, 0.15) is 0 Å². The fourth-order valence-electron chi connectivity index (χ4n) is 5.00. The highest BCUT2D eigenvalue weighted by atomic mass is 32.2. The molecule has 0 bridgehead atoms. The van der Waals surface area contributed by atoms with E-state index < -0.39 is 10.0 Å². The van der Waals surface area contributed by atoms with E-state index >= 15 is 0 Å². The number of sulfonamides is 1. The number of rotatable bonds is 6. The van der Waals surface area contributed by atoms with Crippen LogP contribution in [0.4, 0.5) is 11.6 Å². The van der Waals surface area contributed by atoms with Crippen molar-refractivity contribution in [2.75, 3.05) is 57.7 Å². The molecule has 0 aliphatic carbocycles. The first-order chi connectivity index (χ1) is 20.1. The number of carbonyl (C=O) groups excluding carboxylic acids is 3. The number of amides is 3. The molecule has 1 N–H and O–H groups in total. The molecule has 12 nitrogen and oxygen atoms in total. The Kier molecular flexibility index (Phi) is 8.50. The van der Waals surface area contributed by atoms with E-state index in [-0.39, 0.29) is 35.7 Å². The van der Waals surface area contributed by atoms with Crippen LogP contribution < -0.4 is 5.32 Å². The van der Waals surface area contributed by atoms with E-state index in [9.17, 15) is 22.8 Å². The number of anilines is 2. The van der Waals surface area contributed by atoms with Crippen LogP contribution in [0.3, 0.4) is 0 Å². The largest absolute Gasteiger partial charge is 0.340 e. The molecular weight excluding hydrogens is 558 g/mol. The minimum absolute atomic E-state index is 0.0193. The quantitative estimate of drug-likeness (QED) is 0.460. The predicted octanol–water partition coefficient (Wildman–Crippen LogP) is 2.04. The molecule has 3 heterocycles. The zero-order valence-corrected chi connectivity index (χ0v) is 24.4. The summed E-state index contributed by atoms with van der Waals surface area (Å²) in [5, 5.41) is 3.15. The number of aromatic nitrogens is 2. The average Bonchev–Trinajstić information content (AvgIpc) is 3.01. The fourth-order valence-corrected chi connectivity index (χ4v) is 6.42. The van der Waals surface area contributed by atoms with Crippen LogP contribution in [0.25, 0.3) is 11.3 Å². The van der Waals surface area contributed by atoms with Crippen molar-refractivity contribution in [3.63, 3.8) is 0 Å². The lowest BCUT2D eigenvalue weighted by Gasteiger charge is -2.34. The van der Waals surface area contributed by atoms with E-state index in [4.69, 9.17) is 0 Å². The zero-order valence-electron chi connectivity index (χ0n) is 23.6. The summed E-state index contributed by atoms with van der Waals surface area (Å²) in [6.07, 6.45) is 1.61. The molecule has 1 aromatic heterocycles. The Morgan fingerprint density at radius 1 is 0.714 bits per heavy atom. The molecule has 220 valence electrons. The van der Waals surface area contributed by atoms with Crippen molar-refractivity contribution in [3.8, 4) is 11.3 Å². The fraction of sp³-hybridized carbons (Fsp3) is 0.345. The molecule has 0 spiro atoms. The van der Waals surface area contributed by atoms with Crippen LogP contribution in [0.1, 0.15) is 24.2 Å². The molecule has 5 rings (SSSR count). The first kappa shape index (κ1) is 29.1. The second-order valence-electron chi connectivity index (χ2n) is 10.2. The van der Waals surface area contributed by atoms with Crippen LogP contribution in [0.15, 0.2) is 65.7 Å². The number of benzene rings is 2. The van der Waals surface area contributed by atoms with Gasteiger partial charge in [0.05, 0.1) is 10.6 Å². The SMILES string of the molecule is CC(=O)N1CCN(C(=O)c2ccc(Nc3nccc(-c4ccc(S(=O)(=O)N5CCN(C(C)=O)CC5)cc4)n3)cc2)CC1. The van der Waals surface area contributed by atoms with Gasteiger partial charge in [-0.1, -0.05) is 12.1 Å². The van der Waals surface area contributed by atoms with Crippen molar-refractivity contribution in [2.45, 2.75) is 18.7 Å². The highest BCUT2D eigenvalue weighted by Crippen LogP contribution is 2.24. The molecule has 0 saturated carbocycles. The van der Waals surface area contributed by atoms with Gasteiger partial charge in [0.2, 0.25) is 27.8 Å². The Morgan fingerprint density at radius 3 is 1.83 bits per heavy atom. The van der Waals surface area contributed by atoms with Crippen molar-refractivity contribution in [1.29, 1.82) is 0 Å². The zero-order chi connectivity index (χ0) is 29.9. The third-order valence-corrected chi connectivity index (χ3v) is 9.44. The molecule has 42 heavy (non-hydrogen) atoms. The Morgan fingerprint density at radius 2 is 1.26 bits per heavy atom. The van der Waals surface area contributed by atoms with Gasteiger partial charge < -0.3 is 20.0 Å². The summed E-state index contributed by atoms with van der Waals surface area (Å²) in [5.74, 6) is 0.240. The second-order valence-corrected chi connectivity index (χ2v) is 12.1. The van der Waals surface area contributed by atoms with E-state index in [1.165, 1.54) is 18.2 Å². The summed E-state index contributed by atoms with van der Waals surface area (Å²) < 4.78 is 27.6. The minimum Gasteiger partial charge on any atom is -0.340 e. The smallest absolute Gasteiger partial charge is 0.253 e. The summed E-state index contributed by atoms with van der Waals surface area (Å²) >= 11 is 0. The maximum atomic E-state index is 13.1. The number of nitrogens with zero attached hydrogens (tertiary/aromatic N) is 6. The molecule has 0 atom stereocenters. The average molecular weight is 592 g/mol. The highest BCUT2D eigenvalue weighted by molar-refractivity contribution is 7.89. The molecule has 2 saturated heterocycles. The second kappa shape index (κ2) is 12.2. The van der Waals surface area contributed by atoms with Gasteiger partial charge in [-0.2, -0.15) is 4.31 Å². The molecule has 13 heteroatoms. The lowest BCUT2D eigenvalue weighted by molar-refractivity contribution is -0.130. The van der Waals surface area contributed by atoms with E-state index in [0.717, 1.165) is 5.56 Å². The minimum atomic E-state index is -3.67. The van der Waals surface area contributed by atoms with E-state index in [2.05, 4.69) is 15.3 Å². The topological polar surface area (TPSA) is 136 Å². The summed E-state index contributed by atoms with van der Waals surface area (Å²) in [4.78, 5) is 50.2. The molecular formula is C29H33N7O5S. The number of piperazine rings is 2. The van der Waals surface area contributed by atoms with E-state index in [0.29, 0.717) is 62.2 Å². The Balaban J connectivity index is 1.21. The number of nitrogens with one attached hydrogen (secondary N) is 1. The maximum Gasteiger partial charge on any atom is 0.253 e. The Hall–Kier alpha value is -4.36. The maximum absolute atomic E-state index is 13.1. The standard InChI is InChI=1S/C29H33N7O5S/c1-21(37)33-13-15-35(16-14-33)28(39)24-3-7-25(8-4-24)31-29-30-12-11-27(32-29)23-5-9-26(10-6-23)42(40,41)36-19-17-34(18-20-36)22(2)38/h3-12H,13-20H2,1-2H3,(H,30,31,32). The third kappa shape index (κ3) is 6.42.